The van der Waals surface area contributed by atoms with Crippen molar-refractivity contribution in [3.8, 4) is 11.5 Å². The average molecular weight is 349 g/mol. The number of aromatic nitrogens is 2. The van der Waals surface area contributed by atoms with Crippen molar-refractivity contribution in [2.24, 2.45) is 0 Å². The van der Waals surface area contributed by atoms with Crippen molar-refractivity contribution in [2.45, 2.75) is 31.3 Å². The summed E-state index contributed by atoms with van der Waals surface area (Å²) >= 11 is 0. The molecule has 26 heavy (non-hydrogen) atoms. The number of hydrogen-bond acceptors (Lipinski definition) is 5. The minimum atomic E-state index is -0.261. The van der Waals surface area contributed by atoms with Gasteiger partial charge in [0, 0.05) is 11.1 Å². The number of benzene rings is 2. The van der Waals surface area contributed by atoms with E-state index in [2.05, 4.69) is 27.2 Å². The van der Waals surface area contributed by atoms with Crippen molar-refractivity contribution in [2.75, 3.05) is 13.2 Å². The van der Waals surface area contributed by atoms with E-state index in [4.69, 9.17) is 4.42 Å². The van der Waals surface area contributed by atoms with Crippen LogP contribution in [0.25, 0.3) is 11.5 Å². The van der Waals surface area contributed by atoms with E-state index >= 15 is 0 Å². The molecule has 0 radical (unpaired) electrons. The van der Waals surface area contributed by atoms with Gasteiger partial charge in [0.05, 0.1) is 13.2 Å². The van der Waals surface area contributed by atoms with Crippen LogP contribution in [0.5, 0.6) is 0 Å². The lowest BCUT2D eigenvalue weighted by Crippen LogP contribution is -2.48. The fourth-order valence-corrected chi connectivity index (χ4v) is 3.83. The molecule has 5 nitrogen and oxygen atoms in total. The van der Waals surface area contributed by atoms with Gasteiger partial charge in [-0.3, -0.25) is 4.90 Å². The number of likely N-dealkylation sites (tertiary alicyclic amines) is 1. The lowest BCUT2D eigenvalue weighted by atomic mass is 9.89. The van der Waals surface area contributed by atoms with Crippen LogP contribution in [-0.4, -0.2) is 38.9 Å². The van der Waals surface area contributed by atoms with E-state index in [9.17, 15) is 5.11 Å². The van der Waals surface area contributed by atoms with Gasteiger partial charge in [0.25, 0.3) is 0 Å². The van der Waals surface area contributed by atoms with Gasteiger partial charge >= 0.3 is 0 Å². The van der Waals surface area contributed by atoms with Crippen LogP contribution in [0.2, 0.25) is 0 Å². The molecule has 1 saturated heterocycles. The smallest absolute Gasteiger partial charge is 0.247 e. The molecule has 0 aliphatic carbocycles. The first-order chi connectivity index (χ1) is 12.8. The SMILES string of the molecule is OCC1(Cc2ccccc2)CCCN1Cc1nnc(-c2ccccc2)o1. The molecule has 1 fully saturated rings. The maximum atomic E-state index is 10.2. The third kappa shape index (κ3) is 3.41. The van der Waals surface area contributed by atoms with E-state index < -0.39 is 0 Å². The second-order valence-corrected chi connectivity index (χ2v) is 6.94. The lowest BCUT2D eigenvalue weighted by Gasteiger charge is -2.36. The summed E-state index contributed by atoms with van der Waals surface area (Å²) in [7, 11) is 0. The molecule has 3 aromatic rings. The molecule has 2 aromatic carbocycles. The summed E-state index contributed by atoms with van der Waals surface area (Å²) in [5, 5.41) is 18.6. The molecule has 1 aromatic heterocycles. The minimum Gasteiger partial charge on any atom is -0.419 e. The lowest BCUT2D eigenvalue weighted by molar-refractivity contribution is 0.0523. The van der Waals surface area contributed by atoms with Crippen LogP contribution >= 0.6 is 0 Å². The highest BCUT2D eigenvalue weighted by Crippen LogP contribution is 2.34. The zero-order valence-electron chi connectivity index (χ0n) is 14.7. The van der Waals surface area contributed by atoms with Crippen molar-refractivity contribution in [3.05, 3.63) is 72.1 Å². The number of aliphatic hydroxyl groups is 1. The number of hydrogen-bond donors (Lipinski definition) is 1. The summed E-state index contributed by atoms with van der Waals surface area (Å²) in [5.74, 6) is 1.13. The molecule has 0 spiro atoms. The number of rotatable bonds is 6. The second kappa shape index (κ2) is 7.40. The highest BCUT2D eigenvalue weighted by molar-refractivity contribution is 5.51. The Morgan fingerprint density at radius 1 is 1.00 bits per heavy atom. The first-order valence-electron chi connectivity index (χ1n) is 9.07. The van der Waals surface area contributed by atoms with Gasteiger partial charge in [0.1, 0.15) is 0 Å². The van der Waals surface area contributed by atoms with E-state index in [0.29, 0.717) is 18.3 Å². The van der Waals surface area contributed by atoms with Crippen molar-refractivity contribution in [1.82, 2.24) is 15.1 Å². The molecule has 0 amide bonds. The fraction of sp³-hybridized carbons (Fsp3) is 0.333. The fourth-order valence-electron chi connectivity index (χ4n) is 3.83. The molecule has 0 saturated carbocycles. The maximum Gasteiger partial charge on any atom is 0.247 e. The topological polar surface area (TPSA) is 62.4 Å². The zero-order chi connectivity index (χ0) is 17.8. The predicted octanol–water partition coefficient (Wildman–Crippen LogP) is 3.31. The van der Waals surface area contributed by atoms with Crippen molar-refractivity contribution in [1.29, 1.82) is 0 Å². The van der Waals surface area contributed by atoms with E-state index in [0.717, 1.165) is 31.4 Å². The van der Waals surface area contributed by atoms with Crippen LogP contribution in [0, 0.1) is 0 Å². The summed E-state index contributed by atoms with van der Waals surface area (Å²) in [6.07, 6.45) is 2.86. The Hall–Kier alpha value is -2.50. The zero-order valence-corrected chi connectivity index (χ0v) is 14.7. The largest absolute Gasteiger partial charge is 0.419 e. The van der Waals surface area contributed by atoms with E-state index in [1.807, 2.05) is 48.5 Å². The quantitative estimate of drug-likeness (QED) is 0.740. The molecule has 1 N–H and O–H groups in total. The molecule has 2 heterocycles. The summed E-state index contributed by atoms with van der Waals surface area (Å²) < 4.78 is 5.87. The van der Waals surface area contributed by atoms with Crippen molar-refractivity contribution < 1.29 is 9.52 Å². The first-order valence-corrected chi connectivity index (χ1v) is 9.07. The van der Waals surface area contributed by atoms with E-state index in [1.165, 1.54) is 5.56 Å². The molecule has 4 rings (SSSR count). The van der Waals surface area contributed by atoms with Gasteiger partial charge in [0.2, 0.25) is 11.8 Å². The highest BCUT2D eigenvalue weighted by atomic mass is 16.4. The first kappa shape index (κ1) is 16.9. The van der Waals surface area contributed by atoms with Crippen LogP contribution in [0.4, 0.5) is 0 Å². The molecule has 134 valence electrons. The third-order valence-electron chi connectivity index (χ3n) is 5.23. The Morgan fingerprint density at radius 3 is 2.46 bits per heavy atom. The Balaban J connectivity index is 1.52. The Labute approximate surface area is 153 Å². The van der Waals surface area contributed by atoms with Gasteiger partial charge in [-0.05, 0) is 43.5 Å². The number of aliphatic hydroxyl groups excluding tert-OH is 1. The Morgan fingerprint density at radius 2 is 1.73 bits per heavy atom. The predicted molar refractivity (Wildman–Crippen MR) is 99.3 cm³/mol. The molecule has 1 aliphatic heterocycles. The number of nitrogens with zero attached hydrogens (tertiary/aromatic N) is 3. The Kier molecular flexibility index (Phi) is 4.82. The third-order valence-corrected chi connectivity index (χ3v) is 5.23. The normalized spacial score (nSPS) is 20.5. The van der Waals surface area contributed by atoms with Gasteiger partial charge in [-0.2, -0.15) is 0 Å². The van der Waals surface area contributed by atoms with Gasteiger partial charge in [-0.1, -0.05) is 48.5 Å². The highest BCUT2D eigenvalue weighted by Gasteiger charge is 2.41. The maximum absolute atomic E-state index is 10.2. The molecule has 5 heteroatoms. The van der Waals surface area contributed by atoms with Gasteiger partial charge < -0.3 is 9.52 Å². The second-order valence-electron chi connectivity index (χ2n) is 6.94. The van der Waals surface area contributed by atoms with E-state index in [1.54, 1.807) is 0 Å². The minimum absolute atomic E-state index is 0.127. The standard InChI is InChI=1S/C21H23N3O2/c25-16-21(14-17-8-3-1-4-9-17)12-7-13-24(21)15-19-22-23-20(26-19)18-10-5-2-6-11-18/h1-6,8-11,25H,7,12-16H2. The van der Waals surface area contributed by atoms with Crippen LogP contribution in [0.1, 0.15) is 24.3 Å². The Bertz CT molecular complexity index is 835. The van der Waals surface area contributed by atoms with Gasteiger partial charge in [-0.25, -0.2) is 0 Å². The van der Waals surface area contributed by atoms with Crippen LogP contribution in [0.3, 0.4) is 0 Å². The summed E-state index contributed by atoms with van der Waals surface area (Å²) in [6.45, 7) is 1.62. The monoisotopic (exact) mass is 349 g/mol. The molecule has 1 unspecified atom stereocenters. The van der Waals surface area contributed by atoms with Crippen LogP contribution < -0.4 is 0 Å². The van der Waals surface area contributed by atoms with Gasteiger partial charge in [-0.15, -0.1) is 10.2 Å². The molecule has 0 bridgehead atoms. The molecular formula is C21H23N3O2. The molecule has 1 atom stereocenters. The molecule has 1 aliphatic rings. The van der Waals surface area contributed by atoms with Crippen molar-refractivity contribution in [3.63, 3.8) is 0 Å². The average Bonchev–Trinajstić information content (AvgIpc) is 3.32. The summed E-state index contributed by atoms with van der Waals surface area (Å²) in [4.78, 5) is 2.29. The van der Waals surface area contributed by atoms with Crippen molar-refractivity contribution >= 4 is 0 Å². The van der Waals surface area contributed by atoms with E-state index in [-0.39, 0.29) is 12.1 Å². The summed E-state index contributed by atoms with van der Waals surface area (Å²) in [5.41, 5.74) is 1.90. The summed E-state index contributed by atoms with van der Waals surface area (Å²) in [6, 6.07) is 20.1. The van der Waals surface area contributed by atoms with Crippen LogP contribution in [-0.2, 0) is 13.0 Å². The van der Waals surface area contributed by atoms with Crippen LogP contribution in [0.15, 0.2) is 65.1 Å². The molecular weight excluding hydrogens is 326 g/mol. The van der Waals surface area contributed by atoms with Gasteiger partial charge in [0.15, 0.2) is 0 Å².